The maximum Gasteiger partial charge on any atom is 0.337 e. The number of esters is 1. The van der Waals surface area contributed by atoms with Crippen molar-refractivity contribution in [3.05, 3.63) is 83.9 Å². The molecular weight excluding hydrogens is 452 g/mol. The van der Waals surface area contributed by atoms with Crippen molar-refractivity contribution in [3.63, 3.8) is 0 Å². The number of methoxy groups -OCH3 is 2. The quantitative estimate of drug-likeness (QED) is 0.444. The highest BCUT2D eigenvalue weighted by Crippen LogP contribution is 2.48. The molecule has 0 aliphatic carbocycles. The Morgan fingerprint density at radius 1 is 0.914 bits per heavy atom. The Labute approximate surface area is 201 Å². The molecule has 0 bridgehead atoms. The first-order valence-electron chi connectivity index (χ1n) is 10.9. The average Bonchev–Trinajstić information content (AvgIpc) is 3.40. The van der Waals surface area contributed by atoms with Gasteiger partial charge < -0.3 is 14.6 Å². The van der Waals surface area contributed by atoms with Gasteiger partial charge in [-0.05, 0) is 54.1 Å². The van der Waals surface area contributed by atoms with Gasteiger partial charge in [0.1, 0.15) is 5.92 Å². The zero-order valence-electron chi connectivity index (χ0n) is 19.0. The van der Waals surface area contributed by atoms with Gasteiger partial charge in [-0.3, -0.25) is 14.4 Å². The van der Waals surface area contributed by atoms with E-state index < -0.39 is 35.8 Å². The molecule has 2 saturated heterocycles. The number of phenols is 1. The summed E-state index contributed by atoms with van der Waals surface area (Å²) in [7, 11) is 2.71. The molecule has 9 heteroatoms. The van der Waals surface area contributed by atoms with Crippen molar-refractivity contribution in [1.82, 2.24) is 0 Å². The van der Waals surface area contributed by atoms with E-state index in [1.165, 1.54) is 44.6 Å². The third-order valence-corrected chi connectivity index (χ3v) is 6.22. The first-order chi connectivity index (χ1) is 16.9. The Morgan fingerprint density at radius 3 is 2.29 bits per heavy atom. The SMILES string of the molecule is COC(=O)c1ccc(N2C(=O)[C@@H]3[C@@H](c4ccc(O)c(OC)c4)N(c4ccccc4)O[C@H]3C2=O)cc1. The fourth-order valence-corrected chi connectivity index (χ4v) is 4.55. The number of anilines is 2. The van der Waals surface area contributed by atoms with Crippen molar-refractivity contribution < 1.29 is 33.8 Å². The van der Waals surface area contributed by atoms with E-state index in [-0.39, 0.29) is 11.5 Å². The van der Waals surface area contributed by atoms with Crippen molar-refractivity contribution in [1.29, 1.82) is 0 Å². The monoisotopic (exact) mass is 474 g/mol. The Kier molecular flexibility index (Phi) is 5.62. The normalized spacial score (nSPS) is 21.3. The number of hydrogen-bond donors (Lipinski definition) is 1. The predicted molar refractivity (Wildman–Crippen MR) is 125 cm³/mol. The van der Waals surface area contributed by atoms with Crippen LogP contribution < -0.4 is 14.7 Å². The number of carbonyl (C=O) groups is 3. The van der Waals surface area contributed by atoms with Gasteiger partial charge in [0.15, 0.2) is 17.6 Å². The molecule has 0 spiro atoms. The van der Waals surface area contributed by atoms with Crippen LogP contribution in [-0.2, 0) is 19.2 Å². The summed E-state index contributed by atoms with van der Waals surface area (Å²) in [4.78, 5) is 46.0. The fraction of sp³-hybridized carbons (Fsp3) is 0.192. The van der Waals surface area contributed by atoms with Crippen LogP contribution in [0.5, 0.6) is 11.5 Å². The van der Waals surface area contributed by atoms with Crippen LogP contribution in [0.25, 0.3) is 0 Å². The Hall–Kier alpha value is -4.37. The van der Waals surface area contributed by atoms with Crippen LogP contribution in [0.1, 0.15) is 22.0 Å². The number of carbonyl (C=O) groups excluding carboxylic acids is 3. The molecule has 0 unspecified atom stereocenters. The predicted octanol–water partition coefficient (Wildman–Crippen LogP) is 3.24. The molecule has 2 amide bonds. The standard InChI is InChI=1S/C26H22N2O7/c1-33-20-14-16(10-13-19(20)29)22-21-23(35-28(22)18-6-4-3-5-7-18)25(31)27(24(21)30)17-11-8-15(9-12-17)26(32)34-2/h3-14,21-23,29H,1-2H3/t21-,22-,23-/m1/s1. The number of hydroxylamine groups is 1. The van der Waals surface area contributed by atoms with Gasteiger partial charge in [0.05, 0.1) is 37.2 Å². The number of amides is 2. The zero-order chi connectivity index (χ0) is 24.7. The third kappa shape index (κ3) is 3.66. The second-order valence-electron chi connectivity index (χ2n) is 8.14. The summed E-state index contributed by atoms with van der Waals surface area (Å²) in [5, 5.41) is 11.6. The molecule has 2 heterocycles. The number of hydrogen-bond acceptors (Lipinski definition) is 8. The lowest BCUT2D eigenvalue weighted by atomic mass is 9.90. The molecule has 178 valence electrons. The first kappa shape index (κ1) is 22.4. The maximum absolute atomic E-state index is 13.7. The molecule has 0 radical (unpaired) electrons. The molecule has 2 aliphatic rings. The molecule has 35 heavy (non-hydrogen) atoms. The van der Waals surface area contributed by atoms with Crippen molar-refractivity contribution in [2.75, 3.05) is 24.2 Å². The highest BCUT2D eigenvalue weighted by atomic mass is 16.7. The minimum atomic E-state index is -1.05. The second-order valence-corrected chi connectivity index (χ2v) is 8.14. The summed E-state index contributed by atoms with van der Waals surface area (Å²) in [6.45, 7) is 0. The molecule has 3 aromatic carbocycles. The second kappa shape index (κ2) is 8.77. The van der Waals surface area contributed by atoms with Gasteiger partial charge in [0.25, 0.3) is 5.91 Å². The van der Waals surface area contributed by atoms with Crippen molar-refractivity contribution >= 4 is 29.2 Å². The summed E-state index contributed by atoms with van der Waals surface area (Å²) in [6.07, 6.45) is -1.05. The molecule has 0 saturated carbocycles. The largest absolute Gasteiger partial charge is 0.504 e. The number of aromatic hydroxyl groups is 1. The summed E-state index contributed by atoms with van der Waals surface area (Å²) in [5.74, 6) is -2.10. The molecule has 2 fully saturated rings. The molecule has 1 N–H and O–H groups in total. The first-order valence-corrected chi connectivity index (χ1v) is 10.9. The van der Waals surface area contributed by atoms with E-state index in [4.69, 9.17) is 14.3 Å². The summed E-state index contributed by atoms with van der Waals surface area (Å²) < 4.78 is 9.97. The van der Waals surface area contributed by atoms with E-state index in [2.05, 4.69) is 0 Å². The molecule has 3 aromatic rings. The topological polar surface area (TPSA) is 106 Å². The Bertz CT molecular complexity index is 1290. The summed E-state index contributed by atoms with van der Waals surface area (Å²) in [6, 6.07) is 19.3. The van der Waals surface area contributed by atoms with E-state index in [1.54, 1.807) is 17.2 Å². The van der Waals surface area contributed by atoms with Crippen molar-refractivity contribution in [3.8, 4) is 11.5 Å². The van der Waals surface area contributed by atoms with Gasteiger partial charge in [-0.15, -0.1) is 0 Å². The number of imide groups is 1. The van der Waals surface area contributed by atoms with Crippen LogP contribution in [0.4, 0.5) is 11.4 Å². The van der Waals surface area contributed by atoms with Crippen LogP contribution in [0.2, 0.25) is 0 Å². The highest BCUT2D eigenvalue weighted by molar-refractivity contribution is 6.24. The molecule has 2 aliphatic heterocycles. The Morgan fingerprint density at radius 2 is 1.63 bits per heavy atom. The van der Waals surface area contributed by atoms with E-state index in [9.17, 15) is 19.5 Å². The van der Waals surface area contributed by atoms with E-state index in [0.717, 1.165) is 4.90 Å². The lowest BCUT2D eigenvalue weighted by Crippen LogP contribution is -2.37. The number of phenolic OH excluding ortho intramolecular Hbond substituents is 1. The van der Waals surface area contributed by atoms with Gasteiger partial charge in [0, 0.05) is 0 Å². The van der Waals surface area contributed by atoms with Crippen LogP contribution in [0, 0.1) is 5.92 Å². The van der Waals surface area contributed by atoms with Crippen LogP contribution in [-0.4, -0.2) is 43.2 Å². The van der Waals surface area contributed by atoms with Crippen LogP contribution in [0.3, 0.4) is 0 Å². The van der Waals surface area contributed by atoms with E-state index in [1.807, 2.05) is 30.3 Å². The van der Waals surface area contributed by atoms with Gasteiger partial charge >= 0.3 is 5.97 Å². The average molecular weight is 474 g/mol. The highest BCUT2D eigenvalue weighted by Gasteiger charge is 2.60. The lowest BCUT2D eigenvalue weighted by molar-refractivity contribution is -0.126. The zero-order valence-corrected chi connectivity index (χ0v) is 19.0. The maximum atomic E-state index is 13.7. The number of fused-ring (bicyclic) bond motifs is 1. The van der Waals surface area contributed by atoms with Crippen molar-refractivity contribution in [2.45, 2.75) is 12.1 Å². The Balaban J connectivity index is 1.55. The van der Waals surface area contributed by atoms with Crippen molar-refractivity contribution in [2.24, 2.45) is 5.92 Å². The number of para-hydroxylation sites is 1. The molecule has 9 nitrogen and oxygen atoms in total. The molecule has 0 aromatic heterocycles. The minimum Gasteiger partial charge on any atom is -0.504 e. The van der Waals surface area contributed by atoms with Crippen LogP contribution >= 0.6 is 0 Å². The van der Waals surface area contributed by atoms with Gasteiger partial charge in [0.2, 0.25) is 5.91 Å². The lowest BCUT2D eigenvalue weighted by Gasteiger charge is -2.29. The van der Waals surface area contributed by atoms with E-state index in [0.29, 0.717) is 22.5 Å². The molecule has 5 rings (SSSR count). The summed E-state index contributed by atoms with van der Waals surface area (Å²) in [5.41, 5.74) is 1.95. The van der Waals surface area contributed by atoms with Gasteiger partial charge in [-0.25, -0.2) is 14.8 Å². The third-order valence-electron chi connectivity index (χ3n) is 6.22. The molecular formula is C26H22N2O7. The summed E-state index contributed by atoms with van der Waals surface area (Å²) >= 11 is 0. The number of nitrogens with zero attached hydrogens (tertiary/aromatic N) is 2. The minimum absolute atomic E-state index is 0.0425. The van der Waals surface area contributed by atoms with Gasteiger partial charge in [-0.2, -0.15) is 0 Å². The number of ether oxygens (including phenoxy) is 2. The van der Waals surface area contributed by atoms with Crippen LogP contribution in [0.15, 0.2) is 72.8 Å². The number of rotatable bonds is 5. The fourth-order valence-electron chi connectivity index (χ4n) is 4.55. The van der Waals surface area contributed by atoms with Gasteiger partial charge in [-0.1, -0.05) is 24.3 Å². The molecule has 3 atom stereocenters. The smallest absolute Gasteiger partial charge is 0.337 e. The van der Waals surface area contributed by atoms with E-state index >= 15 is 0 Å². The number of benzene rings is 3.